The summed E-state index contributed by atoms with van der Waals surface area (Å²) in [6, 6.07) is 0.0741. The maximum atomic E-state index is 13.1. The van der Waals surface area contributed by atoms with Crippen LogP contribution in [0.3, 0.4) is 0 Å². The fraction of sp³-hybridized carbons (Fsp3) is 0.800. The van der Waals surface area contributed by atoms with Crippen molar-refractivity contribution in [3.05, 3.63) is 0 Å². The van der Waals surface area contributed by atoms with Crippen LogP contribution in [0.4, 0.5) is 0 Å². The Bertz CT molecular complexity index is 459. The molecule has 0 aromatic carbocycles. The molecule has 0 bridgehead atoms. The van der Waals surface area contributed by atoms with Crippen molar-refractivity contribution in [1.29, 1.82) is 0 Å². The van der Waals surface area contributed by atoms with Crippen LogP contribution in [-0.4, -0.2) is 44.8 Å². The lowest BCUT2D eigenvalue weighted by molar-refractivity contribution is -0.134. The maximum absolute atomic E-state index is 13.1. The lowest BCUT2D eigenvalue weighted by Gasteiger charge is -2.32. The molecular weight excluding hydrogens is 340 g/mol. The van der Waals surface area contributed by atoms with Crippen LogP contribution in [0.15, 0.2) is 0 Å². The summed E-state index contributed by atoms with van der Waals surface area (Å²) >= 11 is 12.8. The zero-order valence-electron chi connectivity index (χ0n) is 13.0. The SMILES string of the molecule is CC(C)[C@H]1CSC(=S)N1C(=O)[C@H](CCCCl)[C@@H]1CCC(=O)N1. The van der Waals surface area contributed by atoms with Gasteiger partial charge in [0.15, 0.2) is 0 Å². The van der Waals surface area contributed by atoms with Crippen molar-refractivity contribution in [3.63, 3.8) is 0 Å². The van der Waals surface area contributed by atoms with E-state index in [0.29, 0.717) is 29.0 Å². The second-order valence-corrected chi connectivity index (χ2v) is 8.28. The van der Waals surface area contributed by atoms with Gasteiger partial charge in [0.1, 0.15) is 4.32 Å². The van der Waals surface area contributed by atoms with Gasteiger partial charge in [0, 0.05) is 30.1 Å². The van der Waals surface area contributed by atoms with E-state index in [1.807, 2.05) is 0 Å². The van der Waals surface area contributed by atoms with Gasteiger partial charge in [0.2, 0.25) is 11.8 Å². The van der Waals surface area contributed by atoms with E-state index in [0.717, 1.165) is 18.6 Å². The van der Waals surface area contributed by atoms with Crippen LogP contribution in [-0.2, 0) is 9.59 Å². The third-order valence-corrected chi connectivity index (χ3v) is 6.16. The first kappa shape index (κ1) is 18.0. The Labute approximate surface area is 146 Å². The Morgan fingerprint density at radius 1 is 1.55 bits per heavy atom. The standard InChI is InChI=1S/C15H23ClN2O2S2/c1-9(2)12-8-22-15(21)18(12)14(20)10(4-3-7-16)11-5-6-13(19)17-11/h9-12H,3-8H2,1-2H3,(H,17,19)/t10-,11+,12-/m1/s1. The van der Waals surface area contributed by atoms with Crippen molar-refractivity contribution in [2.75, 3.05) is 11.6 Å². The molecule has 124 valence electrons. The number of carbonyl (C=O) groups is 2. The number of thiocarbonyl (C=S) groups is 1. The zero-order chi connectivity index (χ0) is 16.3. The molecule has 2 rings (SSSR count). The lowest BCUT2D eigenvalue weighted by Crippen LogP contribution is -2.49. The molecule has 0 radical (unpaired) electrons. The topological polar surface area (TPSA) is 49.4 Å². The van der Waals surface area contributed by atoms with Gasteiger partial charge in [-0.2, -0.15) is 0 Å². The van der Waals surface area contributed by atoms with Gasteiger partial charge in [-0.15, -0.1) is 11.6 Å². The highest BCUT2D eigenvalue weighted by Crippen LogP contribution is 2.33. The first-order valence-electron chi connectivity index (χ1n) is 7.80. The van der Waals surface area contributed by atoms with Crippen molar-refractivity contribution in [2.24, 2.45) is 11.8 Å². The Kier molecular flexibility index (Phi) is 6.53. The molecule has 2 aliphatic rings. The second-order valence-electron chi connectivity index (χ2n) is 6.25. The zero-order valence-corrected chi connectivity index (χ0v) is 15.4. The number of thioether (sulfide) groups is 1. The molecule has 7 heteroatoms. The average Bonchev–Trinajstić information content (AvgIpc) is 3.05. The van der Waals surface area contributed by atoms with Crippen LogP contribution in [0.1, 0.15) is 39.5 Å². The average molecular weight is 363 g/mol. The van der Waals surface area contributed by atoms with Crippen molar-refractivity contribution in [3.8, 4) is 0 Å². The molecule has 2 heterocycles. The summed E-state index contributed by atoms with van der Waals surface area (Å²) in [6.45, 7) is 4.23. The van der Waals surface area contributed by atoms with Crippen LogP contribution in [0.2, 0.25) is 0 Å². The van der Waals surface area contributed by atoms with E-state index in [4.69, 9.17) is 23.8 Å². The molecule has 22 heavy (non-hydrogen) atoms. The number of carbonyl (C=O) groups excluding carboxylic acids is 2. The van der Waals surface area contributed by atoms with Crippen LogP contribution in [0.5, 0.6) is 0 Å². The number of nitrogens with one attached hydrogen (secondary N) is 1. The molecule has 0 spiro atoms. The molecule has 2 fully saturated rings. The number of nitrogens with zero attached hydrogens (tertiary/aromatic N) is 1. The van der Waals surface area contributed by atoms with Crippen LogP contribution >= 0.6 is 35.6 Å². The van der Waals surface area contributed by atoms with E-state index in [1.165, 1.54) is 0 Å². The molecule has 2 saturated heterocycles. The number of rotatable bonds is 6. The summed E-state index contributed by atoms with van der Waals surface area (Å²) < 4.78 is 0.670. The van der Waals surface area contributed by atoms with Gasteiger partial charge in [0.25, 0.3) is 0 Å². The van der Waals surface area contributed by atoms with Crippen molar-refractivity contribution in [2.45, 2.75) is 51.6 Å². The largest absolute Gasteiger partial charge is 0.353 e. The normalized spacial score (nSPS) is 26.6. The Hall–Kier alpha value is -0.330. The van der Waals surface area contributed by atoms with Gasteiger partial charge in [-0.1, -0.05) is 37.8 Å². The predicted octanol–water partition coefficient (Wildman–Crippen LogP) is 2.79. The highest BCUT2D eigenvalue weighted by atomic mass is 35.5. The summed E-state index contributed by atoms with van der Waals surface area (Å²) in [5.74, 6) is 1.63. The fourth-order valence-corrected chi connectivity index (χ4v) is 4.89. The molecule has 0 saturated carbocycles. The number of alkyl halides is 1. The molecule has 3 atom stereocenters. The van der Waals surface area contributed by atoms with Crippen molar-refractivity contribution >= 4 is 51.7 Å². The number of halogens is 1. The highest BCUT2D eigenvalue weighted by molar-refractivity contribution is 8.23. The summed E-state index contributed by atoms with van der Waals surface area (Å²) in [4.78, 5) is 26.4. The molecule has 0 aromatic rings. The number of amides is 2. The molecule has 0 unspecified atom stereocenters. The van der Waals surface area contributed by atoms with Gasteiger partial charge in [-0.25, -0.2) is 0 Å². The third-order valence-electron chi connectivity index (χ3n) is 4.39. The third kappa shape index (κ3) is 3.95. The number of hydrogen-bond acceptors (Lipinski definition) is 4. The minimum atomic E-state index is -0.219. The monoisotopic (exact) mass is 362 g/mol. The molecular formula is C15H23ClN2O2S2. The van der Waals surface area contributed by atoms with E-state index >= 15 is 0 Å². The number of hydrogen-bond donors (Lipinski definition) is 1. The first-order chi connectivity index (χ1) is 10.5. The molecule has 2 amide bonds. The second kappa shape index (κ2) is 7.97. The Morgan fingerprint density at radius 2 is 2.27 bits per heavy atom. The van der Waals surface area contributed by atoms with Gasteiger partial charge >= 0.3 is 0 Å². The van der Waals surface area contributed by atoms with E-state index in [-0.39, 0.29) is 29.8 Å². The molecule has 1 N–H and O–H groups in total. The van der Waals surface area contributed by atoms with Crippen LogP contribution in [0.25, 0.3) is 0 Å². The molecule has 0 aliphatic carbocycles. The quantitative estimate of drug-likeness (QED) is 0.583. The summed E-state index contributed by atoms with van der Waals surface area (Å²) in [5.41, 5.74) is 0. The molecule has 4 nitrogen and oxygen atoms in total. The summed E-state index contributed by atoms with van der Waals surface area (Å²) in [5, 5.41) is 2.95. The fourth-order valence-electron chi connectivity index (χ4n) is 3.09. The van der Waals surface area contributed by atoms with Gasteiger partial charge < -0.3 is 5.32 Å². The van der Waals surface area contributed by atoms with E-state index < -0.39 is 0 Å². The van der Waals surface area contributed by atoms with Crippen molar-refractivity contribution in [1.82, 2.24) is 10.2 Å². The van der Waals surface area contributed by atoms with Crippen LogP contribution < -0.4 is 5.32 Å². The van der Waals surface area contributed by atoms with E-state index in [1.54, 1.807) is 16.7 Å². The minimum Gasteiger partial charge on any atom is -0.353 e. The van der Waals surface area contributed by atoms with Crippen molar-refractivity contribution < 1.29 is 9.59 Å². The van der Waals surface area contributed by atoms with Gasteiger partial charge in [0.05, 0.1) is 5.92 Å². The Morgan fingerprint density at radius 3 is 2.82 bits per heavy atom. The summed E-state index contributed by atoms with van der Waals surface area (Å²) in [7, 11) is 0. The molecule has 0 aromatic heterocycles. The van der Waals surface area contributed by atoms with E-state index in [9.17, 15) is 9.59 Å². The smallest absolute Gasteiger partial charge is 0.233 e. The van der Waals surface area contributed by atoms with Gasteiger partial charge in [-0.3, -0.25) is 14.5 Å². The Balaban J connectivity index is 2.16. The minimum absolute atomic E-state index is 0.0347. The predicted molar refractivity (Wildman–Crippen MR) is 95.1 cm³/mol. The lowest BCUT2D eigenvalue weighted by atomic mass is 9.91. The first-order valence-corrected chi connectivity index (χ1v) is 9.73. The maximum Gasteiger partial charge on any atom is 0.233 e. The highest BCUT2D eigenvalue weighted by Gasteiger charge is 2.42. The van der Waals surface area contributed by atoms with E-state index in [2.05, 4.69) is 19.2 Å². The van der Waals surface area contributed by atoms with Gasteiger partial charge in [-0.05, 0) is 25.2 Å². The van der Waals surface area contributed by atoms with Crippen LogP contribution in [0, 0.1) is 11.8 Å². The summed E-state index contributed by atoms with van der Waals surface area (Å²) in [6.07, 6.45) is 2.69. The molecule has 2 aliphatic heterocycles.